The minimum absolute atomic E-state index is 0.00520. The maximum atomic E-state index is 11.5. The minimum Gasteiger partial charge on any atom is -0.466 e. The molecule has 30 heteroatoms. The predicted molar refractivity (Wildman–Crippen MR) is 340 cm³/mol. The van der Waals surface area contributed by atoms with Crippen LogP contribution in [0.5, 0.6) is 0 Å². The second-order valence-corrected chi connectivity index (χ2v) is 43.1. The fraction of sp³-hybridized carbons (Fsp3) is 0.891. The SMILES string of the molecule is CCC(C)(C)C(=O)OCCC[Si](C)(O)O.CCC(C)(C)C(=O)OCCC[Si](O)(O)O.CCC(C)(C)C(=O)OC[Si](C)(C)O.CCC(C)C(=O)OCCC[Si](C)(C)O.CCC(C)C(=O)OCCC[Si](C)(O)O.CCC(C)C(=O)OCCC[Si](O)(O)O. The molecule has 0 spiro atoms. The lowest BCUT2D eigenvalue weighted by Gasteiger charge is -2.22. The molecule has 0 aromatic carbocycles. The highest BCUT2D eigenvalue weighted by Crippen LogP contribution is 2.24. The van der Waals surface area contributed by atoms with E-state index in [0.717, 1.165) is 44.6 Å². The molecule has 0 fully saturated rings. The molecule has 0 aliphatic heterocycles. The van der Waals surface area contributed by atoms with E-state index in [2.05, 4.69) is 0 Å². The number of ether oxygens (including phenoxy) is 6. The molecule has 0 aromatic heterocycles. The number of esters is 6. The Labute approximate surface area is 516 Å². The van der Waals surface area contributed by atoms with Crippen molar-refractivity contribution < 1.29 is 115 Å². The van der Waals surface area contributed by atoms with Crippen LogP contribution in [0.25, 0.3) is 0 Å². The first-order valence-electron chi connectivity index (χ1n) is 29.9. The third-order valence-corrected chi connectivity index (χ3v) is 20.0. The number of carbonyl (C=O) groups excluding carboxylic acids is 6. The Kier molecular flexibility index (Phi) is 51.5. The highest BCUT2D eigenvalue weighted by Gasteiger charge is 2.32. The van der Waals surface area contributed by atoms with Gasteiger partial charge in [0.05, 0.1) is 67.0 Å². The van der Waals surface area contributed by atoms with Crippen LogP contribution in [-0.4, -0.2) is 184 Å². The number of hydrogen-bond donors (Lipinski definition) is 12. The summed E-state index contributed by atoms with van der Waals surface area (Å²) in [5.41, 5.74) is -1.38. The van der Waals surface area contributed by atoms with Crippen LogP contribution in [0.3, 0.4) is 0 Å². The van der Waals surface area contributed by atoms with E-state index in [1.807, 2.05) is 96.2 Å². The molecular formula is C55H122O24Si6. The van der Waals surface area contributed by atoms with E-state index in [1.165, 1.54) is 13.1 Å². The summed E-state index contributed by atoms with van der Waals surface area (Å²) in [4.78, 5) is 175. The number of rotatable bonds is 34. The molecule has 24 nitrogen and oxygen atoms in total. The highest BCUT2D eigenvalue weighted by atomic mass is 28.4. The van der Waals surface area contributed by atoms with Crippen molar-refractivity contribution >= 4 is 87.2 Å². The van der Waals surface area contributed by atoms with Gasteiger partial charge in [-0.05, 0) is 170 Å². The summed E-state index contributed by atoms with van der Waals surface area (Å²) in [5.74, 6) is -1.55. The van der Waals surface area contributed by atoms with Gasteiger partial charge in [-0.25, -0.2) is 0 Å². The lowest BCUT2D eigenvalue weighted by molar-refractivity contribution is -0.154. The monoisotopic (exact) mass is 1330 g/mol. The van der Waals surface area contributed by atoms with Gasteiger partial charge in [0.25, 0.3) is 0 Å². The third kappa shape index (κ3) is 65.9. The zero-order chi connectivity index (χ0) is 68.5. The molecule has 85 heavy (non-hydrogen) atoms. The molecule has 0 aromatic rings. The van der Waals surface area contributed by atoms with Crippen LogP contribution in [-0.2, 0) is 57.2 Å². The van der Waals surface area contributed by atoms with Gasteiger partial charge in [0.15, 0.2) is 8.32 Å². The molecule has 0 heterocycles. The zero-order valence-corrected chi connectivity index (χ0v) is 62.1. The lowest BCUT2D eigenvalue weighted by atomic mass is 9.91. The lowest BCUT2D eigenvalue weighted by Crippen LogP contribution is -2.37. The molecule has 0 aliphatic rings. The Morgan fingerprint density at radius 2 is 0.565 bits per heavy atom. The van der Waals surface area contributed by atoms with E-state index in [0.29, 0.717) is 38.0 Å². The van der Waals surface area contributed by atoms with Gasteiger partial charge in [-0.2, -0.15) is 0 Å². The Morgan fingerprint density at radius 3 is 0.765 bits per heavy atom. The molecule has 0 aliphatic carbocycles. The molecule has 3 atom stereocenters. The summed E-state index contributed by atoms with van der Waals surface area (Å²) in [6.45, 7) is 39.4. The summed E-state index contributed by atoms with van der Waals surface area (Å²) in [7, 11) is -18.1. The summed E-state index contributed by atoms with van der Waals surface area (Å²) in [5, 5.41) is 0. The van der Waals surface area contributed by atoms with Crippen molar-refractivity contribution in [1.29, 1.82) is 0 Å². The second kappa shape index (κ2) is 46.7. The van der Waals surface area contributed by atoms with Gasteiger partial charge in [-0.15, -0.1) is 0 Å². The van der Waals surface area contributed by atoms with Gasteiger partial charge < -0.3 is 86.0 Å². The van der Waals surface area contributed by atoms with Crippen LogP contribution in [0.1, 0.15) is 174 Å². The molecule has 0 amide bonds. The van der Waals surface area contributed by atoms with Crippen LogP contribution < -0.4 is 0 Å². The first-order valence-corrected chi connectivity index (χ1v) is 45.5. The van der Waals surface area contributed by atoms with Crippen LogP contribution in [0, 0.1) is 34.0 Å². The van der Waals surface area contributed by atoms with Crippen molar-refractivity contribution in [2.75, 3.05) is 39.3 Å². The Hall–Kier alpha value is -2.36. The molecule has 0 saturated heterocycles. The Morgan fingerprint density at radius 1 is 0.341 bits per heavy atom. The van der Waals surface area contributed by atoms with Crippen LogP contribution in [0.4, 0.5) is 0 Å². The molecule has 510 valence electrons. The molecule has 3 unspecified atom stereocenters. The van der Waals surface area contributed by atoms with Crippen LogP contribution in [0.2, 0.25) is 69.5 Å². The molecule has 0 rings (SSSR count). The van der Waals surface area contributed by atoms with Gasteiger partial charge in [0.2, 0.25) is 8.32 Å². The van der Waals surface area contributed by atoms with Crippen molar-refractivity contribution in [3.8, 4) is 0 Å². The van der Waals surface area contributed by atoms with E-state index < -0.39 is 67.6 Å². The normalized spacial score (nSPS) is 13.2. The smallest absolute Gasteiger partial charge is 0.466 e. The van der Waals surface area contributed by atoms with Gasteiger partial charge in [-0.1, -0.05) is 62.3 Å². The van der Waals surface area contributed by atoms with Crippen LogP contribution in [0.15, 0.2) is 0 Å². The van der Waals surface area contributed by atoms with Crippen molar-refractivity contribution in [3.63, 3.8) is 0 Å². The molecular weight excluding hydrogens is 1210 g/mol. The largest absolute Gasteiger partial charge is 0.492 e. The zero-order valence-electron chi connectivity index (χ0n) is 56.1. The average Bonchev–Trinajstić information content (AvgIpc) is 3.39. The first kappa shape index (κ1) is 93.8. The quantitative estimate of drug-likeness (QED) is 0.0142. The first-order chi connectivity index (χ1) is 38.2. The predicted octanol–water partition coefficient (Wildman–Crippen LogP) is 6.45. The van der Waals surface area contributed by atoms with Crippen molar-refractivity contribution in [1.82, 2.24) is 0 Å². The highest BCUT2D eigenvalue weighted by molar-refractivity contribution is 6.70. The van der Waals surface area contributed by atoms with Gasteiger partial charge in [0.1, 0.15) is 6.23 Å². The number of hydrogen-bond acceptors (Lipinski definition) is 24. The Bertz CT molecular complexity index is 1640. The van der Waals surface area contributed by atoms with E-state index in [-0.39, 0.29) is 111 Å². The summed E-state index contributed by atoms with van der Waals surface area (Å²) < 4.78 is 29.9. The molecule has 12 N–H and O–H groups in total. The van der Waals surface area contributed by atoms with E-state index in [1.54, 1.807) is 33.9 Å². The van der Waals surface area contributed by atoms with E-state index in [9.17, 15) is 38.4 Å². The molecule has 0 radical (unpaired) electrons. The van der Waals surface area contributed by atoms with Crippen molar-refractivity contribution in [2.24, 2.45) is 34.0 Å². The molecule has 0 saturated carbocycles. The summed E-state index contributed by atoms with van der Waals surface area (Å²) in [6.07, 6.45) is 7.02. The number of carbonyl (C=O) groups is 6. The van der Waals surface area contributed by atoms with E-state index in [4.69, 9.17) is 76.4 Å². The standard InChI is InChI=1S/C10H22O4Si.C10H22O3Si.C9H20O5Si.C9H20O4Si.C9H20O3Si.C8H18O5Si/c1-5-10(2,3)9(11)14-7-6-8-15(4,12)13;1-5-9(2)10(11)13-7-6-8-14(3,4)12;1-4-9(2,3)8(10)14-6-5-7-15(11,12)13;1-4-8(2)9(10)13-6-5-7-14(3,11)12;1-6-9(2,3)8(10)12-7-13(4,5)11;1-3-7(2)8(9)13-5-4-6-14(10,11)12/h12-13H,5-8H2,1-4H3;9,12H,5-8H2,1-4H3;11-13H,4-7H2,1-3H3;8,11-12H,4-7H2,1-3H3;11H,6-7H2,1-5H3;7,10-12H,3-6H2,1-2H3. The van der Waals surface area contributed by atoms with Crippen molar-refractivity contribution in [2.45, 2.75) is 244 Å². The van der Waals surface area contributed by atoms with Crippen LogP contribution >= 0.6 is 0 Å². The maximum absolute atomic E-state index is 11.5. The van der Waals surface area contributed by atoms with Gasteiger partial charge in [-0.3, -0.25) is 28.8 Å². The van der Waals surface area contributed by atoms with Gasteiger partial charge in [0, 0.05) is 12.1 Å². The minimum atomic E-state index is -3.97. The topological polar surface area (TPSA) is 401 Å². The molecule has 0 bridgehead atoms. The van der Waals surface area contributed by atoms with Gasteiger partial charge >= 0.3 is 70.5 Å². The second-order valence-electron chi connectivity index (χ2n) is 25.1. The van der Waals surface area contributed by atoms with E-state index >= 15 is 0 Å². The fourth-order valence-corrected chi connectivity index (χ4v) is 9.33. The maximum Gasteiger partial charge on any atom is 0.492 e. The third-order valence-electron chi connectivity index (χ3n) is 12.9. The summed E-state index contributed by atoms with van der Waals surface area (Å²) in [6, 6.07) is 1.28. The fourth-order valence-electron chi connectivity index (χ4n) is 4.97. The Balaban J connectivity index is -0.000000220. The average molecular weight is 1340 g/mol. The summed E-state index contributed by atoms with van der Waals surface area (Å²) >= 11 is 0. The van der Waals surface area contributed by atoms with Crippen molar-refractivity contribution in [3.05, 3.63) is 0 Å².